The summed E-state index contributed by atoms with van der Waals surface area (Å²) in [5.41, 5.74) is 0.794. The highest BCUT2D eigenvalue weighted by Crippen LogP contribution is 2.33. The Hall–Kier alpha value is -4.28. The molecule has 2 unspecified atom stereocenters. The number of aromatic nitrogens is 2. The fourth-order valence-electron chi connectivity index (χ4n) is 5.64. The van der Waals surface area contributed by atoms with Crippen molar-refractivity contribution in [3.8, 4) is 11.5 Å². The highest BCUT2D eigenvalue weighted by atomic mass is 16.6. The van der Waals surface area contributed by atoms with Gasteiger partial charge < -0.3 is 14.2 Å². The number of carbonyl (C=O) groups excluding carboxylic acids is 3. The van der Waals surface area contributed by atoms with Crippen LogP contribution in [0.4, 0.5) is 4.79 Å². The van der Waals surface area contributed by atoms with E-state index in [-0.39, 0.29) is 31.0 Å². The van der Waals surface area contributed by atoms with Crippen molar-refractivity contribution in [1.82, 2.24) is 18.9 Å². The Morgan fingerprint density at radius 2 is 1.74 bits per heavy atom. The number of amides is 3. The fourth-order valence-corrected chi connectivity index (χ4v) is 5.64. The van der Waals surface area contributed by atoms with Crippen LogP contribution >= 0.6 is 0 Å². The number of para-hydroxylation sites is 1. The number of likely N-dealkylation sites (tertiary alicyclic amines) is 2. The van der Waals surface area contributed by atoms with Crippen molar-refractivity contribution in [1.29, 1.82) is 0 Å². The molecular weight excluding hydrogens is 540 g/mol. The zero-order chi connectivity index (χ0) is 30.2. The first-order chi connectivity index (χ1) is 20.0. The van der Waals surface area contributed by atoms with Crippen LogP contribution in [0.1, 0.15) is 64.5 Å². The van der Waals surface area contributed by atoms with Crippen molar-refractivity contribution in [2.24, 2.45) is 7.05 Å². The van der Waals surface area contributed by atoms with Crippen LogP contribution < -0.4 is 15.2 Å². The molecule has 2 atom stereocenters. The molecule has 0 bridgehead atoms. The lowest BCUT2D eigenvalue weighted by molar-refractivity contribution is -0.151. The molecule has 11 nitrogen and oxygen atoms in total. The molecule has 42 heavy (non-hydrogen) atoms. The largest absolute Gasteiger partial charge is 0.497 e. The Morgan fingerprint density at radius 3 is 2.43 bits per heavy atom. The molecular formula is C31H38N4O7. The molecule has 2 aromatic carbocycles. The predicted octanol–water partition coefficient (Wildman–Crippen LogP) is 4.36. The quantitative estimate of drug-likeness (QED) is 0.400. The van der Waals surface area contributed by atoms with Crippen molar-refractivity contribution in [2.75, 3.05) is 13.7 Å². The molecule has 11 heteroatoms. The minimum atomic E-state index is -0.847. The summed E-state index contributed by atoms with van der Waals surface area (Å²) in [5.74, 6) is 0.409. The summed E-state index contributed by atoms with van der Waals surface area (Å²) in [5, 5.41) is 0. The van der Waals surface area contributed by atoms with Gasteiger partial charge in [-0.2, -0.15) is 0 Å². The van der Waals surface area contributed by atoms with Crippen molar-refractivity contribution in [3.05, 3.63) is 58.5 Å². The third-order valence-corrected chi connectivity index (χ3v) is 7.70. The molecule has 0 saturated carbocycles. The highest BCUT2D eigenvalue weighted by molar-refractivity contribution is 6.00. The minimum Gasteiger partial charge on any atom is -0.497 e. The van der Waals surface area contributed by atoms with Gasteiger partial charge in [0.1, 0.15) is 28.7 Å². The van der Waals surface area contributed by atoms with E-state index in [2.05, 4.69) is 0 Å². The van der Waals surface area contributed by atoms with Gasteiger partial charge in [0.2, 0.25) is 5.91 Å². The van der Waals surface area contributed by atoms with Crippen molar-refractivity contribution >= 4 is 28.9 Å². The molecule has 0 N–H and O–H groups in total. The molecule has 2 aliphatic rings. The number of hydrogen-bond donors (Lipinski definition) is 0. The molecule has 2 aliphatic heterocycles. The summed E-state index contributed by atoms with van der Waals surface area (Å²) in [6.45, 7) is 6.07. The van der Waals surface area contributed by atoms with Crippen molar-refractivity contribution < 1.29 is 28.6 Å². The number of methoxy groups -OCH3 is 1. The van der Waals surface area contributed by atoms with Gasteiger partial charge in [-0.05, 0) is 69.9 Å². The Labute approximate surface area is 244 Å². The lowest BCUT2D eigenvalue weighted by Crippen LogP contribution is -2.48. The molecule has 2 saturated heterocycles. The summed E-state index contributed by atoms with van der Waals surface area (Å²) >= 11 is 0. The number of benzene rings is 2. The molecule has 0 aliphatic carbocycles. The molecule has 5 rings (SSSR count). The Kier molecular flexibility index (Phi) is 8.03. The normalized spacial score (nSPS) is 19.7. The molecule has 3 aromatic rings. The van der Waals surface area contributed by atoms with Crippen LogP contribution in [0, 0.1) is 0 Å². The van der Waals surface area contributed by atoms with Gasteiger partial charge in [0.25, 0.3) is 5.91 Å². The standard InChI is InChI=1S/C31H38N4O7/c1-31(2,3)42-30(39)33-18-7-6-11-26(33)41-24-10-8-9-22-27(24)32(4)29(38)35(22)23-16-17-25(36)34(28(23)37)19-20-12-14-21(40-5)15-13-20/h8-10,12-15,23,26H,6-7,11,16-19H2,1-5H3. The van der Waals surface area contributed by atoms with E-state index in [1.54, 1.807) is 49.4 Å². The number of hydrogen-bond acceptors (Lipinski definition) is 7. The third kappa shape index (κ3) is 5.73. The number of imide groups is 1. The first kappa shape index (κ1) is 29.2. The number of nitrogens with zero attached hydrogens (tertiary/aromatic N) is 4. The van der Waals surface area contributed by atoms with E-state index in [1.165, 1.54) is 14.0 Å². The minimum absolute atomic E-state index is 0.105. The van der Waals surface area contributed by atoms with Crippen molar-refractivity contribution in [3.63, 3.8) is 0 Å². The second-order valence-electron chi connectivity index (χ2n) is 11.8. The topological polar surface area (TPSA) is 112 Å². The average Bonchev–Trinajstić information content (AvgIpc) is 3.21. The molecule has 1 aromatic heterocycles. The monoisotopic (exact) mass is 578 g/mol. The maximum atomic E-state index is 13.7. The highest BCUT2D eigenvalue weighted by Gasteiger charge is 2.38. The molecule has 3 amide bonds. The third-order valence-electron chi connectivity index (χ3n) is 7.70. The van der Waals surface area contributed by atoms with Crippen LogP contribution in [-0.2, 0) is 27.9 Å². The van der Waals surface area contributed by atoms with Crippen LogP contribution in [0.3, 0.4) is 0 Å². The summed E-state index contributed by atoms with van der Waals surface area (Å²) < 4.78 is 20.2. The number of ether oxygens (including phenoxy) is 3. The van der Waals surface area contributed by atoms with Gasteiger partial charge in [-0.25, -0.2) is 9.59 Å². The summed E-state index contributed by atoms with van der Waals surface area (Å²) in [4.78, 5) is 56.0. The lowest BCUT2D eigenvalue weighted by atomic mass is 10.0. The number of rotatable bonds is 6. The van der Waals surface area contributed by atoms with E-state index in [0.29, 0.717) is 35.5 Å². The lowest BCUT2D eigenvalue weighted by Gasteiger charge is -2.36. The van der Waals surface area contributed by atoms with Gasteiger partial charge in [0, 0.05) is 26.4 Å². The summed E-state index contributed by atoms with van der Waals surface area (Å²) in [6, 6.07) is 11.6. The van der Waals surface area contributed by atoms with E-state index in [9.17, 15) is 19.2 Å². The second-order valence-corrected chi connectivity index (χ2v) is 11.8. The van der Waals surface area contributed by atoms with Gasteiger partial charge in [-0.15, -0.1) is 0 Å². The first-order valence-electron chi connectivity index (χ1n) is 14.3. The van der Waals surface area contributed by atoms with Gasteiger partial charge in [0.05, 0.1) is 19.2 Å². The van der Waals surface area contributed by atoms with E-state index in [1.807, 2.05) is 32.9 Å². The number of fused-ring (bicyclic) bond motifs is 1. The SMILES string of the molecule is COc1ccc(CN2C(=O)CCC(n3c(=O)n(C)c4c(OC5CCCCN5C(=O)OC(C)(C)C)cccc43)C2=O)cc1. The Bertz CT molecular complexity index is 1550. The van der Waals surface area contributed by atoms with E-state index >= 15 is 0 Å². The number of aryl methyl sites for hydroxylation is 1. The molecule has 2 fully saturated rings. The van der Waals surface area contributed by atoms with E-state index in [0.717, 1.165) is 18.4 Å². The fraction of sp³-hybridized carbons (Fsp3) is 0.484. The first-order valence-corrected chi connectivity index (χ1v) is 14.3. The predicted molar refractivity (Wildman–Crippen MR) is 155 cm³/mol. The molecule has 0 spiro atoms. The number of imidazole rings is 1. The zero-order valence-corrected chi connectivity index (χ0v) is 24.8. The average molecular weight is 579 g/mol. The molecule has 224 valence electrons. The van der Waals surface area contributed by atoms with Gasteiger partial charge in [-0.1, -0.05) is 18.2 Å². The molecule has 3 heterocycles. The Morgan fingerprint density at radius 1 is 1.00 bits per heavy atom. The van der Waals surface area contributed by atoms with Gasteiger partial charge >= 0.3 is 11.8 Å². The summed E-state index contributed by atoms with van der Waals surface area (Å²) in [6.07, 6.45) is 1.69. The van der Waals surface area contributed by atoms with E-state index in [4.69, 9.17) is 14.2 Å². The maximum absolute atomic E-state index is 13.7. The number of carbonyl (C=O) groups is 3. The van der Waals surface area contributed by atoms with Crippen LogP contribution in [0.15, 0.2) is 47.3 Å². The zero-order valence-electron chi connectivity index (χ0n) is 24.8. The van der Waals surface area contributed by atoms with E-state index < -0.39 is 29.9 Å². The van der Waals surface area contributed by atoms with Crippen LogP contribution in [-0.4, -0.2) is 62.3 Å². The van der Waals surface area contributed by atoms with Gasteiger partial charge in [-0.3, -0.25) is 28.5 Å². The Balaban J connectivity index is 1.45. The maximum Gasteiger partial charge on any atom is 0.413 e. The van der Waals surface area contributed by atoms with Crippen LogP contribution in [0.25, 0.3) is 11.0 Å². The van der Waals surface area contributed by atoms with Crippen molar-refractivity contribution in [2.45, 2.75) is 77.3 Å². The molecule has 0 radical (unpaired) electrons. The van der Waals surface area contributed by atoms with Crippen LogP contribution in [0.5, 0.6) is 11.5 Å². The summed E-state index contributed by atoms with van der Waals surface area (Å²) in [7, 11) is 3.20. The smallest absolute Gasteiger partial charge is 0.413 e. The van der Waals surface area contributed by atoms with Crippen LogP contribution in [0.2, 0.25) is 0 Å². The van der Waals surface area contributed by atoms with Gasteiger partial charge in [0.15, 0.2) is 6.23 Å². The second kappa shape index (κ2) is 11.5. The number of piperidine rings is 2.